The molecule has 0 bridgehead atoms. The van der Waals surface area contributed by atoms with E-state index in [9.17, 15) is 0 Å². The Kier molecular flexibility index (Phi) is 10.9. The van der Waals surface area contributed by atoms with Gasteiger partial charge in [-0.1, -0.05) is 199 Å². The Bertz CT molecular complexity index is 5810. The van der Waals surface area contributed by atoms with Crippen LogP contribution in [0.2, 0.25) is 0 Å². The molecular weight excluding hydrogens is 1120 g/mol. The first-order valence-electron chi connectivity index (χ1n) is 32.3. The maximum Gasteiger partial charge on any atom is 0.0641 e. The molecule has 0 aliphatic rings. The van der Waals surface area contributed by atoms with E-state index in [2.05, 4.69) is 348 Å². The summed E-state index contributed by atoms with van der Waals surface area (Å²) < 4.78 is 10.1. The van der Waals surface area contributed by atoms with Crippen LogP contribution in [0.25, 0.3) is 131 Å². The van der Waals surface area contributed by atoms with Crippen molar-refractivity contribution in [1.29, 1.82) is 0 Å². The lowest BCUT2D eigenvalue weighted by molar-refractivity contribution is 0.594. The van der Waals surface area contributed by atoms with Gasteiger partial charge in [-0.05, 0) is 143 Å². The zero-order valence-electron chi connectivity index (χ0n) is 52.2. The number of hydrogen-bond acceptors (Lipinski definition) is 2. The second-order valence-corrected chi connectivity index (χ2v) is 27.3. The monoisotopic (exact) mass is 1180 g/mol. The van der Waals surface area contributed by atoms with Crippen LogP contribution in [0.4, 0.5) is 34.1 Å². The lowest BCUT2D eigenvalue weighted by Crippen LogP contribution is -2.12. The van der Waals surface area contributed by atoms with Gasteiger partial charge >= 0.3 is 0 Å². The molecule has 0 atom stereocenters. The Morgan fingerprint density at radius 3 is 0.989 bits per heavy atom. The SMILES string of the molecule is CC(C)(C)c1cccc2c3c(N(c4ccccc4)c4ccc5c(c4)c4ccccc4n5-c4ccccc4)ccc4c5cc6c(cc5n(c12)c43)c1ccc(N(c2ccccc2)c2ccc3c(c2)c2ccccc2n3-c2ccccc2)c2c3cccc(C(C)(C)C)c3n6c12. The van der Waals surface area contributed by atoms with Gasteiger partial charge in [0.25, 0.3) is 0 Å². The molecule has 6 heteroatoms. The van der Waals surface area contributed by atoms with Crippen molar-refractivity contribution in [2.24, 2.45) is 0 Å². The summed E-state index contributed by atoms with van der Waals surface area (Å²) in [4.78, 5) is 5.02. The molecule has 92 heavy (non-hydrogen) atoms. The third kappa shape index (κ3) is 7.32. The Balaban J connectivity index is 0.889. The molecule has 6 aromatic heterocycles. The molecule has 0 amide bonds. The number of aromatic nitrogens is 4. The van der Waals surface area contributed by atoms with Crippen molar-refractivity contribution in [3.05, 3.63) is 290 Å². The highest BCUT2D eigenvalue weighted by Crippen LogP contribution is 2.54. The standard InChI is InChI=1S/C86H64N6/c1-85(2,3)69-37-23-35-63-79-75(87(53-25-11-7-12-26-53)57-41-45-73-65(49-57)59-33-19-21-39-71(59)89(73)55-29-15-9-16-30-55)47-43-61-67-52-78-68(51-77(67)91(81(63)69)83(61)79)62-44-48-76(80-64-36-24-38-70(86(4,5)6)82(64)92(78)84(62)80)88(54-27-13-8-14-28-54)58-42-46-74-66(50-58)60-34-20-22-40-72(60)90(74)56-31-17-10-18-32-56/h7-52H,1-6H3. The summed E-state index contributed by atoms with van der Waals surface area (Å²) in [7, 11) is 0. The van der Waals surface area contributed by atoms with Crippen LogP contribution in [0, 0.1) is 0 Å². The largest absolute Gasteiger partial charge is 0.310 e. The number of fused-ring (bicyclic) bond motifs is 18. The Morgan fingerprint density at radius 1 is 0.239 bits per heavy atom. The molecule has 0 fully saturated rings. The highest BCUT2D eigenvalue weighted by atomic mass is 15.2. The molecule has 0 spiro atoms. The fourth-order valence-corrected chi connectivity index (χ4v) is 16.1. The maximum atomic E-state index is 2.65. The summed E-state index contributed by atoms with van der Waals surface area (Å²) in [6.07, 6.45) is 0. The molecule has 0 saturated heterocycles. The van der Waals surface area contributed by atoms with Gasteiger partial charge in [0.15, 0.2) is 0 Å². The minimum absolute atomic E-state index is 0.166. The molecule has 19 rings (SSSR count). The maximum absolute atomic E-state index is 2.65. The summed E-state index contributed by atoms with van der Waals surface area (Å²) >= 11 is 0. The molecule has 0 aliphatic carbocycles. The lowest BCUT2D eigenvalue weighted by Gasteiger charge is -2.27. The van der Waals surface area contributed by atoms with E-state index < -0.39 is 0 Å². The van der Waals surface area contributed by atoms with Gasteiger partial charge < -0.3 is 27.7 Å². The Hall–Kier alpha value is -11.3. The van der Waals surface area contributed by atoms with Gasteiger partial charge in [-0.2, -0.15) is 0 Å². The average molecular weight is 1180 g/mol. The molecule has 0 aliphatic heterocycles. The highest BCUT2D eigenvalue weighted by molar-refractivity contribution is 6.33. The molecular formula is C86H64N6. The number of benzene rings is 13. The van der Waals surface area contributed by atoms with E-state index in [0.29, 0.717) is 0 Å². The van der Waals surface area contributed by atoms with Gasteiger partial charge in [0, 0.05) is 98.8 Å². The predicted molar refractivity (Wildman–Crippen MR) is 391 cm³/mol. The molecule has 0 saturated carbocycles. The average Bonchev–Trinajstić information content (AvgIpc) is 1.51. The molecule has 0 N–H and O–H groups in total. The van der Waals surface area contributed by atoms with E-state index >= 15 is 0 Å². The minimum atomic E-state index is -0.166. The third-order valence-electron chi connectivity index (χ3n) is 20.0. The molecule has 0 unspecified atom stereocenters. The van der Waals surface area contributed by atoms with Crippen LogP contribution in [0.3, 0.4) is 0 Å². The summed E-state index contributed by atoms with van der Waals surface area (Å²) in [5.74, 6) is 0. The summed E-state index contributed by atoms with van der Waals surface area (Å²) in [5, 5.41) is 14.8. The van der Waals surface area contributed by atoms with Gasteiger partial charge in [-0.3, -0.25) is 0 Å². The quantitative estimate of drug-likeness (QED) is 0.151. The predicted octanol–water partition coefficient (Wildman–Crippen LogP) is 23.7. The van der Waals surface area contributed by atoms with Crippen LogP contribution in [-0.2, 0) is 10.8 Å². The van der Waals surface area contributed by atoms with E-state index in [1.54, 1.807) is 0 Å². The van der Waals surface area contributed by atoms with Crippen LogP contribution in [0.15, 0.2) is 279 Å². The zero-order chi connectivity index (χ0) is 61.5. The summed E-state index contributed by atoms with van der Waals surface area (Å²) in [6, 6.07) is 104. The van der Waals surface area contributed by atoms with Crippen molar-refractivity contribution < 1.29 is 0 Å². The van der Waals surface area contributed by atoms with Crippen LogP contribution in [-0.4, -0.2) is 17.9 Å². The highest BCUT2D eigenvalue weighted by Gasteiger charge is 2.32. The minimum Gasteiger partial charge on any atom is -0.310 e. The van der Waals surface area contributed by atoms with Crippen molar-refractivity contribution in [2.45, 2.75) is 52.4 Å². The van der Waals surface area contributed by atoms with Crippen molar-refractivity contribution >= 4 is 154 Å². The van der Waals surface area contributed by atoms with E-state index in [0.717, 1.165) is 45.5 Å². The second-order valence-electron chi connectivity index (χ2n) is 27.3. The van der Waals surface area contributed by atoms with Crippen LogP contribution < -0.4 is 9.80 Å². The molecule has 6 nitrogen and oxygen atoms in total. The van der Waals surface area contributed by atoms with Crippen molar-refractivity contribution in [2.75, 3.05) is 9.80 Å². The van der Waals surface area contributed by atoms with E-state index in [-0.39, 0.29) is 10.8 Å². The molecule has 19 aromatic rings. The number of para-hydroxylation sites is 8. The molecule has 13 aromatic carbocycles. The molecule has 0 radical (unpaired) electrons. The van der Waals surface area contributed by atoms with E-state index in [1.165, 1.54) is 131 Å². The molecule has 438 valence electrons. The first-order valence-corrected chi connectivity index (χ1v) is 32.3. The number of hydrogen-bond donors (Lipinski definition) is 0. The fourth-order valence-electron chi connectivity index (χ4n) is 16.1. The fraction of sp³-hybridized carbons (Fsp3) is 0.0930. The van der Waals surface area contributed by atoms with Gasteiger partial charge in [-0.15, -0.1) is 0 Å². The topological polar surface area (TPSA) is 25.2 Å². The van der Waals surface area contributed by atoms with Crippen LogP contribution in [0.5, 0.6) is 0 Å². The van der Waals surface area contributed by atoms with Gasteiger partial charge in [0.1, 0.15) is 0 Å². The van der Waals surface area contributed by atoms with Crippen molar-refractivity contribution in [1.82, 2.24) is 17.9 Å². The number of nitrogens with zero attached hydrogens (tertiary/aromatic N) is 6. The Morgan fingerprint density at radius 2 is 0.587 bits per heavy atom. The van der Waals surface area contributed by atoms with Crippen LogP contribution in [0.1, 0.15) is 52.7 Å². The number of rotatable bonds is 8. The first kappa shape index (κ1) is 52.6. The lowest BCUT2D eigenvalue weighted by atomic mass is 9.85. The first-order chi connectivity index (χ1) is 45.0. The van der Waals surface area contributed by atoms with Crippen LogP contribution >= 0.6 is 0 Å². The summed E-state index contributed by atoms with van der Waals surface area (Å²) in [5.41, 5.74) is 23.5. The second kappa shape index (κ2) is 19.1. The van der Waals surface area contributed by atoms with Crippen molar-refractivity contribution in [3.63, 3.8) is 0 Å². The molecule has 6 heterocycles. The normalized spacial score (nSPS) is 12.7. The van der Waals surface area contributed by atoms with Gasteiger partial charge in [0.2, 0.25) is 0 Å². The Labute approximate surface area is 532 Å². The number of anilines is 6. The van der Waals surface area contributed by atoms with E-state index in [1.807, 2.05) is 0 Å². The smallest absolute Gasteiger partial charge is 0.0641 e. The zero-order valence-corrected chi connectivity index (χ0v) is 52.2. The van der Waals surface area contributed by atoms with Gasteiger partial charge in [-0.25, -0.2) is 0 Å². The summed E-state index contributed by atoms with van der Waals surface area (Å²) in [6.45, 7) is 14.2. The van der Waals surface area contributed by atoms with Crippen molar-refractivity contribution in [3.8, 4) is 11.4 Å². The van der Waals surface area contributed by atoms with Gasteiger partial charge in [0.05, 0.1) is 66.5 Å². The van der Waals surface area contributed by atoms with E-state index in [4.69, 9.17) is 0 Å². The third-order valence-corrected chi connectivity index (χ3v) is 20.0.